The number of halogens is 1. The molecule has 18 nitrogen and oxygen atoms in total. The Kier molecular flexibility index (Phi) is 30.5. The quantitative estimate of drug-likeness (QED) is 0.0169. The monoisotopic (exact) mass is 1310 g/mol. The Bertz CT molecular complexity index is 3450. The summed E-state index contributed by atoms with van der Waals surface area (Å²) in [5.41, 5.74) is 7.58. The molecule has 0 spiro atoms. The van der Waals surface area contributed by atoms with Gasteiger partial charge in [-0.2, -0.15) is 8.42 Å². The van der Waals surface area contributed by atoms with Crippen LogP contribution in [0.4, 0.5) is 0 Å². The fraction of sp³-hybridized carbons (Fsp3) is 0.265. The minimum atomic E-state index is -3.40. The molecule has 0 bridgehead atoms. The van der Waals surface area contributed by atoms with Gasteiger partial charge < -0.3 is 62.0 Å². The first-order valence-electron chi connectivity index (χ1n) is 28.5. The average Bonchev–Trinajstić information content (AvgIpc) is 1.65. The van der Waals surface area contributed by atoms with Crippen molar-refractivity contribution in [2.45, 2.75) is 78.5 Å². The van der Waals surface area contributed by atoms with Crippen molar-refractivity contribution in [2.24, 2.45) is 0 Å². The second-order valence-corrected chi connectivity index (χ2v) is 23.2. The summed E-state index contributed by atoms with van der Waals surface area (Å²) in [5.74, 6) is 1.73. The number of hydrogen-bond donors (Lipinski definition) is 2. The lowest BCUT2D eigenvalue weighted by Gasteiger charge is -2.32. The molecule has 0 amide bonds. The van der Waals surface area contributed by atoms with Gasteiger partial charge in [-0.05, 0) is 95.2 Å². The van der Waals surface area contributed by atoms with E-state index in [1.54, 1.807) is 36.4 Å². The molecule has 0 aromatic heterocycles. The minimum absolute atomic E-state index is 0.0592. The normalized spacial score (nSPS) is 13.3. The minimum Gasteiger partial charge on any atom is -0.468 e. The lowest BCUT2D eigenvalue weighted by Crippen LogP contribution is -2.41. The first-order valence-corrected chi connectivity index (χ1v) is 31.1. The van der Waals surface area contributed by atoms with Gasteiger partial charge in [0.05, 0.1) is 61.6 Å². The molecule has 1 fully saturated rings. The van der Waals surface area contributed by atoms with Gasteiger partial charge in [0.2, 0.25) is 0 Å². The van der Waals surface area contributed by atoms with Crippen molar-refractivity contribution in [3.05, 3.63) is 255 Å². The van der Waals surface area contributed by atoms with Gasteiger partial charge in [-0.15, -0.1) is 0 Å². The van der Waals surface area contributed by atoms with Gasteiger partial charge in [0.15, 0.2) is 33.5 Å². The zero-order chi connectivity index (χ0) is 64.5. The molecule has 8 aromatic rings. The lowest BCUT2D eigenvalue weighted by molar-refractivity contribution is -0.0112. The molecule has 22 heteroatoms. The number of ether oxygens (including phenoxy) is 8. The number of carbonyl (C=O) groups excluding carboxylic acids is 2. The summed E-state index contributed by atoms with van der Waals surface area (Å²) in [6, 6.07) is 65.0. The van der Waals surface area contributed by atoms with Crippen LogP contribution >= 0.6 is 15.9 Å². The van der Waals surface area contributed by atoms with E-state index in [4.69, 9.17) is 57.0 Å². The molecule has 0 radical (unpaired) electrons. The van der Waals surface area contributed by atoms with Crippen molar-refractivity contribution in [1.29, 1.82) is 0 Å². The highest BCUT2D eigenvalue weighted by Gasteiger charge is 2.53. The van der Waals surface area contributed by atoms with Crippen molar-refractivity contribution in [3.63, 3.8) is 0 Å². The van der Waals surface area contributed by atoms with E-state index in [2.05, 4.69) is 20.1 Å². The Balaban J connectivity index is 0.000000185. The highest BCUT2D eigenvalue weighted by Crippen LogP contribution is 2.37. The molecule has 8 aromatic carbocycles. The van der Waals surface area contributed by atoms with E-state index in [-0.39, 0.29) is 34.0 Å². The van der Waals surface area contributed by atoms with Gasteiger partial charge in [-0.3, -0.25) is 9.59 Å². The van der Waals surface area contributed by atoms with Gasteiger partial charge >= 0.3 is 14.2 Å². The molecule has 0 saturated carbocycles. The van der Waals surface area contributed by atoms with Crippen LogP contribution in [0, 0.1) is 0 Å². The molecule has 474 valence electrons. The Morgan fingerprint density at radius 1 is 0.478 bits per heavy atom. The van der Waals surface area contributed by atoms with Crippen LogP contribution in [0.1, 0.15) is 81.8 Å². The van der Waals surface area contributed by atoms with Crippen LogP contribution in [-0.4, -0.2) is 96.8 Å². The van der Waals surface area contributed by atoms with Crippen molar-refractivity contribution >= 4 is 63.8 Å². The fourth-order valence-corrected chi connectivity index (χ4v) is 8.93. The number of rotatable bonds is 26. The maximum absolute atomic E-state index is 11.6. The molecular weight excluding hydrogens is 1240 g/mol. The summed E-state index contributed by atoms with van der Waals surface area (Å²) >= 11 is 3.33. The summed E-state index contributed by atoms with van der Waals surface area (Å²) < 4.78 is 86.6. The largest absolute Gasteiger partial charge is 0.499 e. The van der Waals surface area contributed by atoms with Crippen molar-refractivity contribution in [1.82, 2.24) is 0 Å². The highest BCUT2D eigenvalue weighted by atomic mass is 79.9. The van der Waals surface area contributed by atoms with Gasteiger partial charge in [0.25, 0.3) is 10.1 Å². The van der Waals surface area contributed by atoms with Crippen LogP contribution in [0.3, 0.4) is 0 Å². The summed E-state index contributed by atoms with van der Waals surface area (Å²) in [7, 11) is -4.99. The Morgan fingerprint density at radius 3 is 1.23 bits per heavy atom. The second kappa shape index (κ2) is 38.3. The van der Waals surface area contributed by atoms with E-state index < -0.39 is 35.6 Å². The Morgan fingerprint density at radius 2 is 0.833 bits per heavy atom. The van der Waals surface area contributed by atoms with E-state index in [9.17, 15) is 23.0 Å². The number of aliphatic hydroxyl groups is 1. The molecule has 0 unspecified atom stereocenters. The maximum Gasteiger partial charge on any atom is 0.499 e. The third-order valence-electron chi connectivity index (χ3n) is 13.5. The molecule has 2 aliphatic rings. The molecule has 90 heavy (non-hydrogen) atoms. The van der Waals surface area contributed by atoms with Crippen molar-refractivity contribution in [2.75, 3.05) is 40.2 Å². The molecule has 2 aliphatic heterocycles. The van der Waals surface area contributed by atoms with Gasteiger partial charge in [-0.1, -0.05) is 188 Å². The third kappa shape index (κ3) is 24.8. The molecule has 0 atom stereocenters. The first kappa shape index (κ1) is 71.7. The molecule has 1 saturated heterocycles. The van der Waals surface area contributed by atoms with E-state index in [1.165, 1.54) is 0 Å². The van der Waals surface area contributed by atoms with Crippen LogP contribution < -0.4 is 25.1 Å². The fourth-order valence-electron chi connectivity index (χ4n) is 8.22. The van der Waals surface area contributed by atoms with Crippen LogP contribution in [0.15, 0.2) is 211 Å². The topological polar surface area (TPSA) is 219 Å². The standard InChI is InChI=1S/C21H25BO5.C15H15BO4.C15H13BrO3.C9H12O4S.C8H10O2/c1-20(2)21(3,4)27-22(26-20)19-17(13-23)11-8-12-18(19)25-15-24-14-16-9-6-5-7-10-16;17-16-15-13(10-20-16)7-4-8-14(15)19-11-18-9-12-5-2-1-3-6-12;16-15-13(9-17)7-4-8-14(15)19-11-18-10-12-5-2-1-3-6-12;1-14(10,11)13-8-12-7-9-5-3-2-4-6-9;9-7-10-6-8-4-2-1-3-5-8/h5-13H,14-15H2,1-4H3;1-8,17H,9-11H2;1-9H,10-11H2;2-6H,7-8H2,1H3;1-5,9H,6-7H2. The van der Waals surface area contributed by atoms with Crippen molar-refractivity contribution in [3.8, 4) is 17.2 Å². The summed E-state index contributed by atoms with van der Waals surface area (Å²) in [5, 5.41) is 18.1. The maximum atomic E-state index is 11.6. The van der Waals surface area contributed by atoms with Crippen molar-refractivity contribution < 1.29 is 84.2 Å². The number of hydrogen-bond acceptors (Lipinski definition) is 18. The summed E-state index contributed by atoms with van der Waals surface area (Å²) in [6.07, 6.45) is 2.55. The Labute approximate surface area is 536 Å². The molecule has 0 aliphatic carbocycles. The zero-order valence-electron chi connectivity index (χ0n) is 50.9. The highest BCUT2D eigenvalue weighted by molar-refractivity contribution is 9.10. The zero-order valence-corrected chi connectivity index (χ0v) is 53.3. The SMILES string of the molecule is CC1(C)OB(c2c(C=O)cccc2OCOCc2ccccc2)OC1(C)C.CS(=O)(=O)OCOCc1ccccc1.O=Cc1cccc(OCOCc2ccccc2)c1Br.OB1OCc2cccc(OCOCc3ccccc3)c21.OCOCc1ccccc1. The number of fused-ring (bicyclic) bond motifs is 1. The predicted octanol–water partition coefficient (Wildman–Crippen LogP) is 10.9. The molecule has 2 heterocycles. The summed E-state index contributed by atoms with van der Waals surface area (Å²) in [4.78, 5) is 22.4. The van der Waals surface area contributed by atoms with Gasteiger partial charge in [-0.25, -0.2) is 4.18 Å². The van der Waals surface area contributed by atoms with E-state index in [0.717, 1.165) is 52.2 Å². The van der Waals surface area contributed by atoms with Crippen LogP contribution in [-0.2, 0) is 91.6 Å². The first-order chi connectivity index (χ1) is 43.5. The number of carbonyl (C=O) groups is 2. The number of benzene rings is 8. The van der Waals surface area contributed by atoms with Crippen LogP contribution in [0.2, 0.25) is 0 Å². The van der Waals surface area contributed by atoms with E-state index in [1.807, 2.05) is 198 Å². The van der Waals surface area contributed by atoms with E-state index >= 15 is 0 Å². The molecule has 2 N–H and O–H groups in total. The van der Waals surface area contributed by atoms with Crippen LogP contribution in [0.5, 0.6) is 17.2 Å². The smallest absolute Gasteiger partial charge is 0.468 e. The van der Waals surface area contributed by atoms with E-state index in [0.29, 0.717) is 83.4 Å². The third-order valence-corrected chi connectivity index (χ3v) is 14.9. The number of aldehydes is 2. The molecular formula is C68H75B2BrO18S. The Hall–Kier alpha value is -7.38. The molecule has 10 rings (SSSR count). The second-order valence-electron chi connectivity index (χ2n) is 20.8. The average molecular weight is 1310 g/mol. The van der Waals surface area contributed by atoms with Gasteiger partial charge in [0, 0.05) is 22.1 Å². The van der Waals surface area contributed by atoms with Crippen LogP contribution in [0.25, 0.3) is 0 Å². The number of aliphatic hydroxyl groups excluding tert-OH is 1. The predicted molar refractivity (Wildman–Crippen MR) is 346 cm³/mol. The summed E-state index contributed by atoms with van der Waals surface area (Å²) in [6.45, 7) is 10.4. The lowest BCUT2D eigenvalue weighted by atomic mass is 9.75. The van der Waals surface area contributed by atoms with Gasteiger partial charge in [0.1, 0.15) is 30.3 Å².